The Hall–Kier alpha value is -2.62. The van der Waals surface area contributed by atoms with Crippen LogP contribution in [0.2, 0.25) is 0 Å². The summed E-state index contributed by atoms with van der Waals surface area (Å²) in [7, 11) is 0. The quantitative estimate of drug-likeness (QED) is 0.915. The van der Waals surface area contributed by atoms with Gasteiger partial charge in [0.05, 0.1) is 11.3 Å². The highest BCUT2D eigenvalue weighted by Crippen LogP contribution is 2.18. The fourth-order valence-electron chi connectivity index (χ4n) is 2.44. The molecule has 0 aromatic heterocycles. The van der Waals surface area contributed by atoms with Gasteiger partial charge in [-0.2, -0.15) is 0 Å². The van der Waals surface area contributed by atoms with Gasteiger partial charge in [0.2, 0.25) is 0 Å². The highest BCUT2D eigenvalue weighted by atomic mass is 16.2. The van der Waals surface area contributed by atoms with Crippen LogP contribution in [0.4, 0.5) is 5.69 Å². The van der Waals surface area contributed by atoms with Gasteiger partial charge in [0.15, 0.2) is 0 Å². The van der Waals surface area contributed by atoms with Crippen LogP contribution in [0.5, 0.6) is 0 Å². The number of benzene rings is 2. The Labute approximate surface area is 137 Å². The van der Waals surface area contributed by atoms with Crippen molar-refractivity contribution in [3.05, 3.63) is 65.2 Å². The number of carbonyl (C=O) groups excluding carboxylic acids is 2. The van der Waals surface area contributed by atoms with Crippen molar-refractivity contribution in [3.63, 3.8) is 0 Å². The van der Waals surface area contributed by atoms with Gasteiger partial charge in [-0.25, -0.2) is 0 Å². The van der Waals surface area contributed by atoms with Crippen molar-refractivity contribution >= 4 is 17.5 Å². The average molecular weight is 310 g/mol. The van der Waals surface area contributed by atoms with E-state index in [0.717, 1.165) is 5.56 Å². The van der Waals surface area contributed by atoms with Gasteiger partial charge in [0.25, 0.3) is 11.8 Å². The van der Waals surface area contributed by atoms with Crippen molar-refractivity contribution in [1.82, 2.24) is 4.90 Å². The first-order valence-corrected chi connectivity index (χ1v) is 7.83. The zero-order valence-corrected chi connectivity index (χ0v) is 13.8. The van der Waals surface area contributed by atoms with Crippen molar-refractivity contribution in [2.24, 2.45) is 0 Å². The maximum Gasteiger partial charge on any atom is 0.255 e. The van der Waals surface area contributed by atoms with Crippen molar-refractivity contribution in [2.75, 3.05) is 18.4 Å². The maximum absolute atomic E-state index is 12.6. The third-order valence-corrected chi connectivity index (χ3v) is 3.74. The summed E-state index contributed by atoms with van der Waals surface area (Å²) in [5, 5.41) is 2.85. The molecule has 23 heavy (non-hydrogen) atoms. The summed E-state index contributed by atoms with van der Waals surface area (Å²) in [5.74, 6) is -0.288. The van der Waals surface area contributed by atoms with E-state index in [9.17, 15) is 9.59 Å². The van der Waals surface area contributed by atoms with E-state index >= 15 is 0 Å². The number of para-hydroxylation sites is 1. The lowest BCUT2D eigenvalue weighted by Gasteiger charge is -2.20. The Morgan fingerprint density at radius 1 is 1.00 bits per heavy atom. The minimum absolute atomic E-state index is 0.0739. The van der Waals surface area contributed by atoms with Crippen LogP contribution in [-0.4, -0.2) is 29.8 Å². The van der Waals surface area contributed by atoms with E-state index in [1.165, 1.54) is 0 Å². The van der Waals surface area contributed by atoms with E-state index in [-0.39, 0.29) is 11.8 Å². The van der Waals surface area contributed by atoms with Crippen molar-refractivity contribution in [3.8, 4) is 0 Å². The Morgan fingerprint density at radius 3 is 2.35 bits per heavy atom. The topological polar surface area (TPSA) is 49.4 Å². The van der Waals surface area contributed by atoms with Crippen molar-refractivity contribution < 1.29 is 9.59 Å². The van der Waals surface area contributed by atoms with E-state index in [1.54, 1.807) is 29.2 Å². The molecule has 1 N–H and O–H groups in total. The lowest BCUT2D eigenvalue weighted by molar-refractivity contribution is 0.0774. The Bertz CT molecular complexity index is 706. The SMILES string of the molecule is CCN(CC)C(=O)c1ccccc1NC(=O)c1cccc(C)c1. The summed E-state index contributed by atoms with van der Waals surface area (Å²) in [6.45, 7) is 7.09. The van der Waals surface area contributed by atoms with Gasteiger partial charge >= 0.3 is 0 Å². The molecule has 0 aliphatic rings. The summed E-state index contributed by atoms with van der Waals surface area (Å²) in [5.41, 5.74) is 2.65. The van der Waals surface area contributed by atoms with Gasteiger partial charge in [-0.05, 0) is 45.0 Å². The zero-order chi connectivity index (χ0) is 16.8. The monoisotopic (exact) mass is 310 g/mol. The molecule has 2 aromatic carbocycles. The summed E-state index contributed by atoms with van der Waals surface area (Å²) in [6, 6.07) is 14.5. The van der Waals surface area contributed by atoms with Crippen LogP contribution < -0.4 is 5.32 Å². The summed E-state index contributed by atoms with van der Waals surface area (Å²) < 4.78 is 0. The Balaban J connectivity index is 2.27. The number of hydrogen-bond donors (Lipinski definition) is 1. The molecule has 0 bridgehead atoms. The molecule has 4 heteroatoms. The molecular weight excluding hydrogens is 288 g/mol. The molecule has 0 unspecified atom stereocenters. The average Bonchev–Trinajstić information content (AvgIpc) is 2.56. The highest BCUT2D eigenvalue weighted by molar-refractivity contribution is 6.09. The second kappa shape index (κ2) is 7.58. The summed E-state index contributed by atoms with van der Waals surface area (Å²) in [6.07, 6.45) is 0. The fourth-order valence-corrected chi connectivity index (χ4v) is 2.44. The minimum atomic E-state index is -0.214. The minimum Gasteiger partial charge on any atom is -0.339 e. The number of carbonyl (C=O) groups is 2. The van der Waals surface area contributed by atoms with Gasteiger partial charge in [-0.3, -0.25) is 9.59 Å². The molecule has 2 rings (SSSR count). The lowest BCUT2D eigenvalue weighted by atomic mass is 10.1. The number of amides is 2. The first-order valence-electron chi connectivity index (χ1n) is 7.83. The molecule has 0 spiro atoms. The molecule has 120 valence electrons. The van der Waals surface area contributed by atoms with E-state index in [4.69, 9.17) is 0 Å². The molecule has 0 aliphatic heterocycles. The number of nitrogens with one attached hydrogen (secondary N) is 1. The van der Waals surface area contributed by atoms with Gasteiger partial charge in [0, 0.05) is 18.7 Å². The molecule has 0 atom stereocenters. The van der Waals surface area contributed by atoms with Crippen LogP contribution in [0.15, 0.2) is 48.5 Å². The molecule has 0 saturated carbocycles. The molecule has 0 aliphatic carbocycles. The molecule has 0 radical (unpaired) electrons. The van der Waals surface area contributed by atoms with Crippen LogP contribution in [0, 0.1) is 6.92 Å². The second-order valence-corrected chi connectivity index (χ2v) is 5.35. The number of hydrogen-bond acceptors (Lipinski definition) is 2. The molecule has 2 amide bonds. The standard InChI is InChI=1S/C19H22N2O2/c1-4-21(5-2)19(23)16-11-6-7-12-17(16)20-18(22)15-10-8-9-14(3)13-15/h6-13H,4-5H2,1-3H3,(H,20,22). The normalized spacial score (nSPS) is 10.2. The predicted octanol–water partition coefficient (Wildman–Crippen LogP) is 3.73. The van der Waals surface area contributed by atoms with Crippen molar-refractivity contribution in [2.45, 2.75) is 20.8 Å². The third kappa shape index (κ3) is 3.97. The summed E-state index contributed by atoms with van der Waals surface area (Å²) in [4.78, 5) is 26.7. The van der Waals surface area contributed by atoms with Gasteiger partial charge in [0.1, 0.15) is 0 Å². The largest absolute Gasteiger partial charge is 0.339 e. The number of anilines is 1. The third-order valence-electron chi connectivity index (χ3n) is 3.74. The molecule has 4 nitrogen and oxygen atoms in total. The van der Waals surface area contributed by atoms with Gasteiger partial charge < -0.3 is 10.2 Å². The van der Waals surface area contributed by atoms with Crippen LogP contribution in [0.3, 0.4) is 0 Å². The number of nitrogens with zero attached hydrogens (tertiary/aromatic N) is 1. The molecule has 2 aromatic rings. The molecule has 0 fully saturated rings. The van der Waals surface area contributed by atoms with E-state index in [0.29, 0.717) is 29.9 Å². The lowest BCUT2D eigenvalue weighted by Crippen LogP contribution is -2.31. The van der Waals surface area contributed by atoms with Gasteiger partial charge in [-0.15, -0.1) is 0 Å². The number of aryl methyl sites for hydroxylation is 1. The maximum atomic E-state index is 12.6. The Kier molecular flexibility index (Phi) is 5.52. The molecule has 0 saturated heterocycles. The first-order chi connectivity index (χ1) is 11.1. The van der Waals surface area contributed by atoms with Gasteiger partial charge in [-0.1, -0.05) is 29.8 Å². The summed E-state index contributed by atoms with van der Waals surface area (Å²) >= 11 is 0. The zero-order valence-electron chi connectivity index (χ0n) is 13.8. The van der Waals surface area contributed by atoms with Crippen LogP contribution in [0.1, 0.15) is 40.1 Å². The number of rotatable bonds is 5. The first kappa shape index (κ1) is 16.7. The van der Waals surface area contributed by atoms with E-state index in [1.807, 2.05) is 45.0 Å². The van der Waals surface area contributed by atoms with Crippen LogP contribution in [-0.2, 0) is 0 Å². The molecular formula is C19H22N2O2. The van der Waals surface area contributed by atoms with Crippen LogP contribution in [0.25, 0.3) is 0 Å². The van der Waals surface area contributed by atoms with Crippen molar-refractivity contribution in [1.29, 1.82) is 0 Å². The second-order valence-electron chi connectivity index (χ2n) is 5.35. The smallest absolute Gasteiger partial charge is 0.255 e. The fraction of sp³-hybridized carbons (Fsp3) is 0.263. The van der Waals surface area contributed by atoms with E-state index in [2.05, 4.69) is 5.32 Å². The molecule has 0 heterocycles. The predicted molar refractivity (Wildman–Crippen MR) is 92.8 cm³/mol. The van der Waals surface area contributed by atoms with Crippen LogP contribution >= 0.6 is 0 Å². The van der Waals surface area contributed by atoms with E-state index < -0.39 is 0 Å². The Morgan fingerprint density at radius 2 is 1.70 bits per heavy atom. The highest BCUT2D eigenvalue weighted by Gasteiger charge is 2.17.